The van der Waals surface area contributed by atoms with E-state index in [1.807, 2.05) is 17.0 Å². The van der Waals surface area contributed by atoms with E-state index in [9.17, 15) is 19.5 Å². The number of nitrogens with zero attached hydrogens (tertiary/aromatic N) is 6. The smallest absolute Gasteiger partial charge is 0.332 e. The summed E-state index contributed by atoms with van der Waals surface area (Å²) in [5.41, 5.74) is 0.0476. The third kappa shape index (κ3) is 3.62. The van der Waals surface area contributed by atoms with Crippen molar-refractivity contribution in [3.8, 4) is 0 Å². The van der Waals surface area contributed by atoms with Crippen molar-refractivity contribution in [2.75, 3.05) is 19.7 Å². The van der Waals surface area contributed by atoms with E-state index in [2.05, 4.69) is 15.0 Å². The van der Waals surface area contributed by atoms with E-state index < -0.39 is 28.5 Å². The molecule has 6 rings (SSSR count). The summed E-state index contributed by atoms with van der Waals surface area (Å²) in [4.78, 5) is 52.0. The molecule has 194 valence electrons. The number of hydrogen-bond donors (Lipinski definition) is 2. The highest BCUT2D eigenvalue weighted by molar-refractivity contribution is 5.97. The number of carbonyl (C=O) groups is 1. The molecule has 2 aliphatic heterocycles. The highest BCUT2D eigenvalue weighted by Crippen LogP contribution is 2.44. The number of nitrogens with one attached hydrogen (secondary N) is 1. The second kappa shape index (κ2) is 8.12. The lowest BCUT2D eigenvalue weighted by molar-refractivity contribution is -0.198. The minimum atomic E-state index is -1.26. The zero-order chi connectivity index (χ0) is 26.1. The molecule has 2 aliphatic rings. The van der Waals surface area contributed by atoms with Gasteiger partial charge in [0.05, 0.1) is 41.9 Å². The molecule has 5 heterocycles. The van der Waals surface area contributed by atoms with Gasteiger partial charge in [-0.2, -0.15) is 0 Å². The maximum Gasteiger partial charge on any atom is 0.332 e. The minimum absolute atomic E-state index is 0.0456. The zero-order valence-corrected chi connectivity index (χ0v) is 21.0. The third-order valence-electron chi connectivity index (χ3n) is 8.09. The van der Waals surface area contributed by atoms with Crippen LogP contribution >= 0.6 is 0 Å². The summed E-state index contributed by atoms with van der Waals surface area (Å²) in [7, 11) is 3.00. The van der Waals surface area contributed by atoms with Crippen LogP contribution in [0.25, 0.3) is 22.2 Å². The van der Waals surface area contributed by atoms with Crippen molar-refractivity contribution in [3.05, 3.63) is 57.3 Å². The molecule has 1 amide bonds. The number of piperidine rings is 1. The van der Waals surface area contributed by atoms with Gasteiger partial charge in [0.25, 0.3) is 11.5 Å². The number of amides is 1. The summed E-state index contributed by atoms with van der Waals surface area (Å²) >= 11 is 0. The van der Waals surface area contributed by atoms with Gasteiger partial charge in [-0.25, -0.2) is 14.8 Å². The fraction of sp³-hybridized carbons (Fsp3) is 0.480. The number of aryl methyl sites for hydroxylation is 1. The quantitative estimate of drug-likeness (QED) is 0.407. The molecule has 2 saturated heterocycles. The number of aliphatic hydroxyl groups is 1. The predicted molar refractivity (Wildman–Crippen MR) is 134 cm³/mol. The van der Waals surface area contributed by atoms with Crippen molar-refractivity contribution in [1.29, 1.82) is 0 Å². The molecule has 4 aromatic rings. The van der Waals surface area contributed by atoms with Crippen molar-refractivity contribution in [2.24, 2.45) is 14.1 Å². The number of imidazole rings is 2. The molecular weight excluding hydrogens is 478 g/mol. The Morgan fingerprint density at radius 3 is 2.68 bits per heavy atom. The fourth-order valence-corrected chi connectivity index (χ4v) is 5.74. The van der Waals surface area contributed by atoms with Crippen LogP contribution in [0.3, 0.4) is 0 Å². The Labute approximate surface area is 211 Å². The van der Waals surface area contributed by atoms with Crippen molar-refractivity contribution < 1.29 is 14.6 Å². The Morgan fingerprint density at radius 1 is 1.16 bits per heavy atom. The highest BCUT2D eigenvalue weighted by Gasteiger charge is 2.50. The molecule has 37 heavy (non-hydrogen) atoms. The molecule has 0 saturated carbocycles. The highest BCUT2D eigenvalue weighted by atomic mass is 16.5. The molecule has 0 unspecified atom stereocenters. The van der Waals surface area contributed by atoms with Crippen LogP contribution < -0.4 is 11.2 Å². The number of rotatable bonds is 2. The number of fused-ring (bicyclic) bond motifs is 2. The molecule has 0 bridgehead atoms. The van der Waals surface area contributed by atoms with Crippen LogP contribution in [-0.4, -0.2) is 75.5 Å². The van der Waals surface area contributed by atoms with Gasteiger partial charge in [-0.15, -0.1) is 0 Å². The van der Waals surface area contributed by atoms with Gasteiger partial charge >= 0.3 is 5.69 Å². The van der Waals surface area contributed by atoms with E-state index in [4.69, 9.17) is 4.74 Å². The number of hydrogen-bond acceptors (Lipinski definition) is 7. The number of H-pyrrole nitrogens is 1. The van der Waals surface area contributed by atoms with E-state index in [1.54, 1.807) is 30.9 Å². The van der Waals surface area contributed by atoms with Crippen LogP contribution in [0.4, 0.5) is 0 Å². The number of aromatic amines is 1. The number of likely N-dealkylation sites (tertiary alicyclic amines) is 1. The first kappa shape index (κ1) is 23.6. The largest absolute Gasteiger partial charge is 0.386 e. The second-order valence-electron chi connectivity index (χ2n) is 10.5. The van der Waals surface area contributed by atoms with Crippen LogP contribution in [0.5, 0.6) is 0 Å². The fourth-order valence-electron chi connectivity index (χ4n) is 5.74. The summed E-state index contributed by atoms with van der Waals surface area (Å²) < 4.78 is 10.3. The first-order chi connectivity index (χ1) is 17.6. The molecular formula is C25H29N7O5. The molecule has 1 aromatic carbocycles. The molecule has 12 nitrogen and oxygen atoms in total. The first-order valence-corrected chi connectivity index (χ1v) is 12.3. The van der Waals surface area contributed by atoms with Crippen LogP contribution in [0, 0.1) is 0 Å². The van der Waals surface area contributed by atoms with E-state index in [1.165, 1.54) is 17.9 Å². The van der Waals surface area contributed by atoms with Crippen LogP contribution in [0.2, 0.25) is 0 Å². The number of ether oxygens (including phenoxy) is 1. The molecule has 12 heteroatoms. The molecule has 3 aromatic heterocycles. The van der Waals surface area contributed by atoms with Gasteiger partial charge in [-0.05, 0) is 38.0 Å². The topological polar surface area (TPSA) is 140 Å². The second-order valence-corrected chi connectivity index (χ2v) is 10.5. The van der Waals surface area contributed by atoms with Crippen LogP contribution in [0.1, 0.15) is 42.6 Å². The maximum absolute atomic E-state index is 13.2. The lowest BCUT2D eigenvalue weighted by atomic mass is 9.77. The first-order valence-electron chi connectivity index (χ1n) is 12.3. The summed E-state index contributed by atoms with van der Waals surface area (Å²) in [6, 6.07) is 4.94. The van der Waals surface area contributed by atoms with Gasteiger partial charge in [0, 0.05) is 39.2 Å². The molecule has 0 aliphatic carbocycles. The van der Waals surface area contributed by atoms with Gasteiger partial charge < -0.3 is 24.3 Å². The molecule has 2 N–H and O–H groups in total. The summed E-state index contributed by atoms with van der Waals surface area (Å²) in [6.07, 6.45) is 4.77. The Balaban J connectivity index is 1.27. The van der Waals surface area contributed by atoms with Gasteiger partial charge in [0.1, 0.15) is 5.60 Å². The lowest BCUT2D eigenvalue weighted by Gasteiger charge is -2.51. The summed E-state index contributed by atoms with van der Waals surface area (Å²) in [5, 5.41) is 11.3. The SMILES string of the molecule is Cn1c(=O)c2c(ncn2[C@H]2CC3(CCN(C(=O)c4ccc5nc[nH]c5c4)CC3)OC[C@]2(C)O)n(C)c1=O. The monoisotopic (exact) mass is 507 g/mol. The van der Waals surface area contributed by atoms with Crippen molar-refractivity contribution in [1.82, 2.24) is 33.6 Å². The van der Waals surface area contributed by atoms with Gasteiger partial charge in [-0.3, -0.25) is 18.7 Å². The minimum Gasteiger partial charge on any atom is -0.386 e. The lowest BCUT2D eigenvalue weighted by Crippen LogP contribution is -2.57. The van der Waals surface area contributed by atoms with E-state index in [-0.39, 0.29) is 23.7 Å². The van der Waals surface area contributed by atoms with Crippen molar-refractivity contribution in [2.45, 2.75) is 43.4 Å². The number of aromatic nitrogens is 6. The van der Waals surface area contributed by atoms with E-state index >= 15 is 0 Å². The van der Waals surface area contributed by atoms with E-state index in [0.717, 1.165) is 15.6 Å². The van der Waals surface area contributed by atoms with Gasteiger partial charge in [0.15, 0.2) is 11.2 Å². The van der Waals surface area contributed by atoms with Crippen LogP contribution in [-0.2, 0) is 18.8 Å². The Bertz CT molecular complexity index is 1650. The zero-order valence-electron chi connectivity index (χ0n) is 21.0. The standard InChI is InChI=1S/C25H29N7O5/c1-24(36)12-37-25(11-18(24)32-14-28-20-19(32)22(34)30(3)23(35)29(20)2)6-8-31(9-7-25)21(33)15-4-5-16-17(10-15)27-13-26-16/h4-5,10,13-14,18,36H,6-9,11-12H2,1-3H3,(H,26,27)/t18-,24-/m0/s1. The van der Waals surface area contributed by atoms with Crippen molar-refractivity contribution >= 4 is 28.1 Å². The predicted octanol–water partition coefficient (Wildman–Crippen LogP) is 0.697. The Hall–Kier alpha value is -3.77. The molecule has 2 atom stereocenters. The average molecular weight is 508 g/mol. The average Bonchev–Trinajstić information content (AvgIpc) is 3.55. The molecule has 1 spiro atoms. The van der Waals surface area contributed by atoms with Gasteiger partial charge in [0.2, 0.25) is 0 Å². The summed E-state index contributed by atoms with van der Waals surface area (Å²) in [6.45, 7) is 2.78. The third-order valence-corrected chi connectivity index (χ3v) is 8.09. The van der Waals surface area contributed by atoms with Gasteiger partial charge in [-0.1, -0.05) is 0 Å². The number of benzene rings is 1. The normalized spacial score (nSPS) is 23.8. The Morgan fingerprint density at radius 2 is 1.92 bits per heavy atom. The Kier molecular flexibility index (Phi) is 5.18. The molecule has 0 radical (unpaired) electrons. The van der Waals surface area contributed by atoms with E-state index in [0.29, 0.717) is 37.9 Å². The summed E-state index contributed by atoms with van der Waals surface area (Å²) in [5.74, 6) is -0.0456. The maximum atomic E-state index is 13.2. The number of carbonyl (C=O) groups excluding carboxylic acids is 1. The molecule has 2 fully saturated rings. The van der Waals surface area contributed by atoms with Crippen molar-refractivity contribution in [3.63, 3.8) is 0 Å². The van der Waals surface area contributed by atoms with Crippen LogP contribution in [0.15, 0.2) is 40.4 Å².